The Morgan fingerprint density at radius 3 is 2.88 bits per heavy atom. The summed E-state index contributed by atoms with van der Waals surface area (Å²) in [6.07, 6.45) is 1.47. The smallest absolute Gasteiger partial charge is 0.274 e. The summed E-state index contributed by atoms with van der Waals surface area (Å²) in [5.74, 6) is -0.224. The number of nitrogen functional groups attached to an aromatic ring is 1. The molecule has 1 aromatic rings. The summed E-state index contributed by atoms with van der Waals surface area (Å²) in [5.41, 5.74) is 6.45. The van der Waals surface area contributed by atoms with Crippen molar-refractivity contribution in [3.05, 3.63) is 11.9 Å². The van der Waals surface area contributed by atoms with Gasteiger partial charge < -0.3 is 15.7 Å². The van der Waals surface area contributed by atoms with Crippen LogP contribution in [0, 0.1) is 0 Å². The molecule has 0 aromatic carbocycles. The fourth-order valence-electron chi connectivity index (χ4n) is 1.36. The number of aromatic nitrogens is 2. The predicted octanol–water partition coefficient (Wildman–Crippen LogP) is -0.0620. The summed E-state index contributed by atoms with van der Waals surface area (Å²) in [4.78, 5) is 13.5. The Bertz CT molecular complexity index is 375. The van der Waals surface area contributed by atoms with E-state index in [1.165, 1.54) is 11.1 Å². The van der Waals surface area contributed by atoms with E-state index < -0.39 is 0 Å². The summed E-state index contributed by atoms with van der Waals surface area (Å²) < 4.78 is 1.55. The van der Waals surface area contributed by atoms with Crippen LogP contribution < -0.4 is 5.73 Å². The third kappa shape index (κ3) is 2.16. The van der Waals surface area contributed by atoms with E-state index in [0.29, 0.717) is 17.9 Å². The first-order valence-corrected chi connectivity index (χ1v) is 5.22. The number of amides is 1. The second-order valence-electron chi connectivity index (χ2n) is 3.71. The average molecular weight is 226 g/mol. The van der Waals surface area contributed by atoms with Crippen LogP contribution >= 0.6 is 0 Å². The minimum Gasteiger partial charge on any atom is -0.396 e. The van der Waals surface area contributed by atoms with Crippen LogP contribution in [0.2, 0.25) is 0 Å². The Balaban J connectivity index is 2.99. The molecule has 0 saturated carbocycles. The van der Waals surface area contributed by atoms with Crippen LogP contribution in [-0.4, -0.2) is 45.4 Å². The monoisotopic (exact) mass is 226 g/mol. The van der Waals surface area contributed by atoms with Crippen LogP contribution in [0.5, 0.6) is 0 Å². The normalized spacial score (nSPS) is 12.5. The van der Waals surface area contributed by atoms with Crippen molar-refractivity contribution < 1.29 is 9.90 Å². The molecule has 0 aliphatic rings. The first kappa shape index (κ1) is 12.5. The Labute approximate surface area is 94.6 Å². The predicted molar refractivity (Wildman–Crippen MR) is 61.0 cm³/mol. The maximum absolute atomic E-state index is 12.1. The van der Waals surface area contributed by atoms with Gasteiger partial charge >= 0.3 is 0 Å². The van der Waals surface area contributed by atoms with Gasteiger partial charge in [0.2, 0.25) is 0 Å². The van der Waals surface area contributed by atoms with Gasteiger partial charge in [-0.15, -0.1) is 0 Å². The van der Waals surface area contributed by atoms with Gasteiger partial charge in [-0.25, -0.2) is 0 Å². The van der Waals surface area contributed by atoms with Gasteiger partial charge in [0.25, 0.3) is 5.91 Å². The zero-order chi connectivity index (χ0) is 12.3. The number of carbonyl (C=O) groups excluding carboxylic acids is 1. The van der Waals surface area contributed by atoms with Crippen LogP contribution in [0.25, 0.3) is 0 Å². The first-order valence-electron chi connectivity index (χ1n) is 5.22. The first-order chi connectivity index (χ1) is 7.52. The van der Waals surface area contributed by atoms with Crippen LogP contribution in [0.15, 0.2) is 6.20 Å². The molecule has 0 saturated heterocycles. The molecule has 0 fully saturated rings. The van der Waals surface area contributed by atoms with Crippen molar-refractivity contribution in [3.8, 4) is 0 Å². The molecular formula is C10H18N4O2. The second kappa shape index (κ2) is 4.98. The minimum absolute atomic E-state index is 0.0809. The van der Waals surface area contributed by atoms with Gasteiger partial charge in [0.1, 0.15) is 5.69 Å². The maximum atomic E-state index is 12.1. The van der Waals surface area contributed by atoms with Crippen molar-refractivity contribution in [2.75, 3.05) is 19.4 Å². The highest BCUT2D eigenvalue weighted by Crippen LogP contribution is 2.14. The Kier molecular flexibility index (Phi) is 3.89. The molecule has 1 aromatic heterocycles. The number of nitrogens with two attached hydrogens (primary N) is 1. The van der Waals surface area contributed by atoms with Crippen LogP contribution in [0.1, 0.15) is 24.3 Å². The third-order valence-corrected chi connectivity index (χ3v) is 2.62. The number of likely N-dealkylation sites (N-methyl/N-ethyl adjacent to an activating group) is 1. The molecular weight excluding hydrogens is 208 g/mol. The van der Waals surface area contributed by atoms with Gasteiger partial charge in [0, 0.05) is 13.6 Å². The van der Waals surface area contributed by atoms with Crippen molar-refractivity contribution in [1.82, 2.24) is 14.7 Å². The minimum atomic E-state index is -0.243. The number of rotatable bonds is 4. The molecule has 1 heterocycles. The molecule has 0 aliphatic heterocycles. The molecule has 1 atom stereocenters. The maximum Gasteiger partial charge on any atom is 0.274 e. The van der Waals surface area contributed by atoms with E-state index in [0.717, 1.165) is 0 Å². The van der Waals surface area contributed by atoms with Gasteiger partial charge in [-0.3, -0.25) is 9.48 Å². The quantitative estimate of drug-likeness (QED) is 0.753. The Morgan fingerprint density at radius 2 is 2.38 bits per heavy atom. The second-order valence-corrected chi connectivity index (χ2v) is 3.71. The van der Waals surface area contributed by atoms with Crippen LogP contribution in [0.3, 0.4) is 0 Å². The van der Waals surface area contributed by atoms with Crippen LogP contribution in [0.4, 0.5) is 5.69 Å². The van der Waals surface area contributed by atoms with Gasteiger partial charge in [0.05, 0.1) is 24.5 Å². The number of hydrogen-bond acceptors (Lipinski definition) is 4. The zero-order valence-electron chi connectivity index (χ0n) is 9.84. The summed E-state index contributed by atoms with van der Waals surface area (Å²) in [6, 6.07) is -0.243. The lowest BCUT2D eigenvalue weighted by Gasteiger charge is -2.23. The van der Waals surface area contributed by atoms with E-state index >= 15 is 0 Å². The number of carbonyl (C=O) groups is 1. The van der Waals surface area contributed by atoms with Gasteiger partial charge in [-0.05, 0) is 13.8 Å². The fourth-order valence-corrected chi connectivity index (χ4v) is 1.36. The van der Waals surface area contributed by atoms with E-state index in [1.807, 2.05) is 6.92 Å². The van der Waals surface area contributed by atoms with Crippen molar-refractivity contribution in [2.24, 2.45) is 0 Å². The highest BCUT2D eigenvalue weighted by molar-refractivity contribution is 5.97. The van der Waals surface area contributed by atoms with Crippen molar-refractivity contribution in [2.45, 2.75) is 26.4 Å². The number of aryl methyl sites for hydroxylation is 1. The highest BCUT2D eigenvalue weighted by Gasteiger charge is 2.22. The number of nitrogens with zero attached hydrogens (tertiary/aromatic N) is 3. The molecule has 1 unspecified atom stereocenters. The molecule has 0 radical (unpaired) electrons. The lowest BCUT2D eigenvalue weighted by atomic mass is 10.2. The average Bonchev–Trinajstić information content (AvgIpc) is 2.67. The largest absolute Gasteiger partial charge is 0.396 e. The molecule has 6 nitrogen and oxygen atoms in total. The van der Waals surface area contributed by atoms with Crippen molar-refractivity contribution >= 4 is 11.6 Å². The third-order valence-electron chi connectivity index (χ3n) is 2.62. The van der Waals surface area contributed by atoms with Gasteiger partial charge in [-0.2, -0.15) is 5.10 Å². The number of anilines is 1. The standard InChI is InChI=1S/C10H18N4O2/c1-4-14-9(8(11)5-12-14)10(16)13(3)7(2)6-15/h5,7,15H,4,6,11H2,1-3H3. The lowest BCUT2D eigenvalue weighted by molar-refractivity contribution is 0.0671. The Morgan fingerprint density at radius 1 is 1.75 bits per heavy atom. The molecule has 3 N–H and O–H groups in total. The SMILES string of the molecule is CCn1ncc(N)c1C(=O)N(C)C(C)CO. The number of aliphatic hydroxyl groups excluding tert-OH is 1. The summed E-state index contributed by atoms with van der Waals surface area (Å²) >= 11 is 0. The number of aliphatic hydroxyl groups is 1. The van der Waals surface area contributed by atoms with E-state index in [1.54, 1.807) is 18.7 Å². The molecule has 90 valence electrons. The summed E-state index contributed by atoms with van der Waals surface area (Å²) in [7, 11) is 1.63. The van der Waals surface area contributed by atoms with E-state index in [4.69, 9.17) is 10.8 Å². The highest BCUT2D eigenvalue weighted by atomic mass is 16.3. The molecule has 0 spiro atoms. The van der Waals surface area contributed by atoms with Crippen molar-refractivity contribution in [3.63, 3.8) is 0 Å². The van der Waals surface area contributed by atoms with Crippen molar-refractivity contribution in [1.29, 1.82) is 0 Å². The lowest BCUT2D eigenvalue weighted by Crippen LogP contribution is -2.38. The van der Waals surface area contributed by atoms with Gasteiger partial charge in [-0.1, -0.05) is 0 Å². The van der Waals surface area contributed by atoms with Crippen LogP contribution in [-0.2, 0) is 6.54 Å². The van der Waals surface area contributed by atoms with E-state index in [9.17, 15) is 4.79 Å². The topological polar surface area (TPSA) is 84.4 Å². The molecule has 1 amide bonds. The van der Waals surface area contributed by atoms with E-state index in [2.05, 4.69) is 5.10 Å². The molecule has 0 aliphatic carbocycles. The number of hydrogen-bond donors (Lipinski definition) is 2. The van der Waals surface area contributed by atoms with Gasteiger partial charge in [0.15, 0.2) is 0 Å². The molecule has 6 heteroatoms. The summed E-state index contributed by atoms with van der Waals surface area (Å²) in [5, 5.41) is 13.0. The fraction of sp³-hybridized carbons (Fsp3) is 0.600. The molecule has 1 rings (SSSR count). The summed E-state index contributed by atoms with van der Waals surface area (Å²) in [6.45, 7) is 4.15. The van der Waals surface area contributed by atoms with E-state index in [-0.39, 0.29) is 18.6 Å². The molecule has 0 bridgehead atoms. The molecule has 16 heavy (non-hydrogen) atoms. The Hall–Kier alpha value is -1.56. The zero-order valence-corrected chi connectivity index (χ0v) is 9.84.